The monoisotopic (exact) mass is 510 g/mol. The van der Waals surface area contributed by atoms with Crippen LogP contribution in [0.25, 0.3) is 0 Å². The SMILES string of the molecule is CCCC(=O)OCCOCCOCCOCCOCCOCCOCCO[Si](C)(C)C(C)(C)C. The molecule has 0 atom stereocenters. The van der Waals surface area contributed by atoms with E-state index in [9.17, 15) is 4.79 Å². The summed E-state index contributed by atoms with van der Waals surface area (Å²) in [6.07, 6.45) is 1.24. The summed E-state index contributed by atoms with van der Waals surface area (Å²) in [5.41, 5.74) is 0. The zero-order valence-corrected chi connectivity index (χ0v) is 23.5. The van der Waals surface area contributed by atoms with Crippen LogP contribution in [-0.2, 0) is 42.4 Å². The molecule has 0 aliphatic carbocycles. The summed E-state index contributed by atoms with van der Waals surface area (Å²) in [5.74, 6) is -0.181. The normalized spacial score (nSPS) is 12.3. The quantitative estimate of drug-likeness (QED) is 0.110. The second-order valence-corrected chi connectivity index (χ2v) is 14.1. The van der Waals surface area contributed by atoms with E-state index < -0.39 is 8.32 Å². The second-order valence-electron chi connectivity index (χ2n) is 9.25. The first-order valence-corrected chi connectivity index (χ1v) is 15.4. The smallest absolute Gasteiger partial charge is 0.305 e. The Labute approximate surface area is 208 Å². The van der Waals surface area contributed by atoms with Crippen molar-refractivity contribution in [2.75, 3.05) is 92.5 Å². The predicted octanol–water partition coefficient (Wildman–Crippen LogP) is 3.45. The van der Waals surface area contributed by atoms with Gasteiger partial charge in [-0.15, -0.1) is 0 Å². The number of ether oxygens (including phenoxy) is 7. The third-order valence-electron chi connectivity index (χ3n) is 5.30. The first-order valence-electron chi connectivity index (χ1n) is 12.5. The number of carbonyl (C=O) groups is 1. The van der Waals surface area contributed by atoms with Gasteiger partial charge in [-0.2, -0.15) is 0 Å². The first kappa shape index (κ1) is 33.4. The van der Waals surface area contributed by atoms with Crippen LogP contribution in [0.2, 0.25) is 18.1 Å². The van der Waals surface area contributed by atoms with Crippen LogP contribution in [0, 0.1) is 0 Å². The number of rotatable bonds is 24. The Morgan fingerprint density at radius 3 is 1.24 bits per heavy atom. The lowest BCUT2D eigenvalue weighted by atomic mass is 10.2. The van der Waals surface area contributed by atoms with Crippen LogP contribution < -0.4 is 0 Å². The highest BCUT2D eigenvalue weighted by Gasteiger charge is 2.36. The van der Waals surface area contributed by atoms with Gasteiger partial charge in [0, 0.05) is 6.42 Å². The Bertz CT molecular complexity index is 470. The number of esters is 1. The fraction of sp³-hybridized carbons (Fsp3) is 0.958. The van der Waals surface area contributed by atoms with Crippen molar-refractivity contribution in [3.63, 3.8) is 0 Å². The zero-order valence-electron chi connectivity index (χ0n) is 22.5. The average Bonchev–Trinajstić information content (AvgIpc) is 2.76. The van der Waals surface area contributed by atoms with E-state index >= 15 is 0 Å². The Balaban J connectivity index is 3.19. The van der Waals surface area contributed by atoms with E-state index in [0.29, 0.717) is 92.3 Å². The van der Waals surface area contributed by atoms with Crippen molar-refractivity contribution >= 4 is 14.3 Å². The lowest BCUT2D eigenvalue weighted by Gasteiger charge is -2.36. The predicted molar refractivity (Wildman–Crippen MR) is 134 cm³/mol. The van der Waals surface area contributed by atoms with Crippen molar-refractivity contribution in [1.82, 2.24) is 0 Å². The summed E-state index contributed by atoms with van der Waals surface area (Å²) < 4.78 is 43.7. The molecular formula is C24H50O9Si. The highest BCUT2D eigenvalue weighted by Crippen LogP contribution is 2.36. The molecule has 0 spiro atoms. The maximum atomic E-state index is 11.2. The molecule has 0 aromatic carbocycles. The molecule has 0 radical (unpaired) electrons. The van der Waals surface area contributed by atoms with Gasteiger partial charge in [-0.25, -0.2) is 0 Å². The van der Waals surface area contributed by atoms with E-state index in [1.165, 1.54) is 0 Å². The molecule has 0 fully saturated rings. The zero-order chi connectivity index (χ0) is 25.5. The minimum absolute atomic E-state index is 0.181. The standard InChI is InChI=1S/C24H50O9Si/c1-7-8-23(25)32-21-19-30-17-15-28-13-11-26-9-10-27-12-14-29-16-18-31-20-22-33-34(5,6)24(2,3)4/h7-22H2,1-6H3. The van der Waals surface area contributed by atoms with Gasteiger partial charge in [-0.05, 0) is 24.6 Å². The molecule has 0 aliphatic rings. The molecular weight excluding hydrogens is 460 g/mol. The maximum absolute atomic E-state index is 11.2. The van der Waals surface area contributed by atoms with Crippen molar-refractivity contribution in [1.29, 1.82) is 0 Å². The van der Waals surface area contributed by atoms with Crippen LogP contribution in [0.4, 0.5) is 0 Å². The third-order valence-corrected chi connectivity index (χ3v) is 9.84. The van der Waals surface area contributed by atoms with Gasteiger partial charge in [0.05, 0.1) is 85.9 Å². The number of hydrogen-bond donors (Lipinski definition) is 0. The van der Waals surface area contributed by atoms with Crippen molar-refractivity contribution < 1.29 is 42.4 Å². The van der Waals surface area contributed by atoms with Crippen LogP contribution in [0.1, 0.15) is 40.5 Å². The van der Waals surface area contributed by atoms with Gasteiger partial charge in [-0.1, -0.05) is 27.7 Å². The minimum Gasteiger partial charge on any atom is -0.463 e. The molecule has 0 bridgehead atoms. The van der Waals surface area contributed by atoms with Crippen molar-refractivity contribution in [3.8, 4) is 0 Å². The van der Waals surface area contributed by atoms with E-state index in [-0.39, 0.29) is 17.6 Å². The summed E-state index contributed by atoms with van der Waals surface area (Å²) in [7, 11) is -1.69. The van der Waals surface area contributed by atoms with Crippen LogP contribution in [0.15, 0.2) is 0 Å². The first-order chi connectivity index (χ1) is 16.2. The molecule has 0 N–H and O–H groups in total. The fourth-order valence-electron chi connectivity index (χ4n) is 2.26. The van der Waals surface area contributed by atoms with Gasteiger partial charge in [0.1, 0.15) is 6.61 Å². The molecule has 0 aliphatic heterocycles. The Kier molecular flexibility index (Phi) is 21.3. The summed E-state index contributed by atoms with van der Waals surface area (Å²) in [6.45, 7) is 20.2. The Hall–Kier alpha value is -0.593. The van der Waals surface area contributed by atoms with Crippen molar-refractivity contribution in [2.24, 2.45) is 0 Å². The minimum atomic E-state index is -1.69. The summed E-state index contributed by atoms with van der Waals surface area (Å²) in [6, 6.07) is 0. The van der Waals surface area contributed by atoms with Gasteiger partial charge in [0.2, 0.25) is 0 Å². The van der Waals surface area contributed by atoms with Gasteiger partial charge < -0.3 is 37.6 Å². The summed E-state index contributed by atoms with van der Waals surface area (Å²) in [5, 5.41) is 0.221. The third kappa shape index (κ3) is 20.8. The Morgan fingerprint density at radius 2 is 0.912 bits per heavy atom. The van der Waals surface area contributed by atoms with Crippen LogP contribution in [-0.4, -0.2) is 107 Å². The fourth-order valence-corrected chi connectivity index (χ4v) is 3.29. The Morgan fingerprint density at radius 1 is 0.588 bits per heavy atom. The number of carbonyl (C=O) groups excluding carboxylic acids is 1. The highest BCUT2D eigenvalue weighted by atomic mass is 28.4. The second kappa shape index (κ2) is 21.7. The van der Waals surface area contributed by atoms with Gasteiger partial charge in [0.25, 0.3) is 0 Å². The van der Waals surface area contributed by atoms with E-state index in [4.69, 9.17) is 37.6 Å². The lowest BCUT2D eigenvalue weighted by molar-refractivity contribution is -0.145. The molecule has 0 aromatic heterocycles. The molecule has 204 valence electrons. The van der Waals surface area contributed by atoms with E-state index in [0.717, 1.165) is 6.42 Å². The molecule has 0 aromatic rings. The lowest BCUT2D eigenvalue weighted by Crippen LogP contribution is -2.41. The molecule has 34 heavy (non-hydrogen) atoms. The van der Waals surface area contributed by atoms with Crippen LogP contribution >= 0.6 is 0 Å². The topological polar surface area (TPSA) is 90.9 Å². The average molecular weight is 511 g/mol. The molecule has 9 nitrogen and oxygen atoms in total. The summed E-state index contributed by atoms with van der Waals surface area (Å²) >= 11 is 0. The van der Waals surface area contributed by atoms with Crippen LogP contribution in [0.5, 0.6) is 0 Å². The highest BCUT2D eigenvalue weighted by molar-refractivity contribution is 6.74. The van der Waals surface area contributed by atoms with Gasteiger partial charge in [0.15, 0.2) is 8.32 Å². The molecule has 0 amide bonds. The molecule has 0 saturated carbocycles. The van der Waals surface area contributed by atoms with E-state index in [1.54, 1.807) is 0 Å². The van der Waals surface area contributed by atoms with Crippen LogP contribution in [0.3, 0.4) is 0 Å². The van der Waals surface area contributed by atoms with Gasteiger partial charge in [-0.3, -0.25) is 4.79 Å². The molecule has 10 heteroatoms. The van der Waals surface area contributed by atoms with Crippen molar-refractivity contribution in [3.05, 3.63) is 0 Å². The molecule has 0 saturated heterocycles. The molecule has 0 heterocycles. The maximum Gasteiger partial charge on any atom is 0.305 e. The summed E-state index contributed by atoms with van der Waals surface area (Å²) in [4.78, 5) is 11.2. The van der Waals surface area contributed by atoms with Gasteiger partial charge >= 0.3 is 5.97 Å². The molecule has 0 unspecified atom stereocenters. The largest absolute Gasteiger partial charge is 0.463 e. The van der Waals surface area contributed by atoms with E-state index in [1.807, 2.05) is 6.92 Å². The number of hydrogen-bond acceptors (Lipinski definition) is 9. The van der Waals surface area contributed by atoms with E-state index in [2.05, 4.69) is 33.9 Å². The molecule has 0 rings (SSSR count). The van der Waals surface area contributed by atoms with Crippen molar-refractivity contribution in [2.45, 2.75) is 58.7 Å².